The molecule has 3 N–H and O–H groups in total. The molecule has 0 unspecified atom stereocenters. The molecule has 82 valence electrons. The maximum Gasteiger partial charge on any atom is 0.136 e. The standard InChI is InChI=1S/C11H18N4/c1-11(2,3)15-9-6-8(12)13-10(14-9)7-4-5-7/h6-7H,4-5H2,1-3H3,(H3,12,13,14,15). The number of nitrogens with two attached hydrogens (primary N) is 1. The maximum atomic E-state index is 5.75. The van der Waals surface area contributed by atoms with Crippen LogP contribution in [-0.4, -0.2) is 15.5 Å². The molecule has 0 saturated heterocycles. The largest absolute Gasteiger partial charge is 0.384 e. The SMILES string of the molecule is CC(C)(C)Nc1cc(N)nc(C2CC2)n1. The van der Waals surface area contributed by atoms with Crippen LogP contribution in [0.3, 0.4) is 0 Å². The van der Waals surface area contributed by atoms with Crippen molar-refractivity contribution in [2.75, 3.05) is 11.1 Å². The van der Waals surface area contributed by atoms with Gasteiger partial charge in [0.05, 0.1) is 0 Å². The predicted octanol–water partition coefficient (Wildman–Crippen LogP) is 2.15. The highest BCUT2D eigenvalue weighted by atomic mass is 15.1. The summed E-state index contributed by atoms with van der Waals surface area (Å²) < 4.78 is 0. The molecule has 1 aromatic heterocycles. The van der Waals surface area contributed by atoms with Crippen LogP contribution < -0.4 is 11.1 Å². The molecule has 0 spiro atoms. The molecule has 0 radical (unpaired) electrons. The number of hydrogen-bond acceptors (Lipinski definition) is 4. The average molecular weight is 206 g/mol. The molecule has 15 heavy (non-hydrogen) atoms. The van der Waals surface area contributed by atoms with Crippen LogP contribution in [0, 0.1) is 0 Å². The highest BCUT2D eigenvalue weighted by Gasteiger charge is 2.27. The zero-order chi connectivity index (χ0) is 11.1. The lowest BCUT2D eigenvalue weighted by atomic mass is 10.1. The third kappa shape index (κ3) is 2.81. The third-order valence-corrected chi connectivity index (χ3v) is 2.21. The zero-order valence-corrected chi connectivity index (χ0v) is 9.54. The minimum Gasteiger partial charge on any atom is -0.384 e. The van der Waals surface area contributed by atoms with E-state index in [2.05, 4.69) is 36.1 Å². The first-order chi connectivity index (χ1) is 6.94. The van der Waals surface area contributed by atoms with Crippen molar-refractivity contribution in [2.45, 2.75) is 45.1 Å². The Labute approximate surface area is 90.3 Å². The summed E-state index contributed by atoms with van der Waals surface area (Å²) in [6, 6.07) is 1.79. The fourth-order valence-electron chi connectivity index (χ4n) is 1.46. The van der Waals surface area contributed by atoms with Crippen LogP contribution in [0.2, 0.25) is 0 Å². The molecule has 0 bridgehead atoms. The summed E-state index contributed by atoms with van der Waals surface area (Å²) in [5, 5.41) is 3.31. The molecular formula is C11H18N4. The molecule has 1 aliphatic rings. The molecule has 1 aliphatic carbocycles. The van der Waals surface area contributed by atoms with Crippen LogP contribution in [0.4, 0.5) is 11.6 Å². The summed E-state index contributed by atoms with van der Waals surface area (Å²) in [5.74, 6) is 2.81. The van der Waals surface area contributed by atoms with Gasteiger partial charge >= 0.3 is 0 Å². The van der Waals surface area contributed by atoms with Gasteiger partial charge in [0.15, 0.2) is 0 Å². The molecule has 0 amide bonds. The Bertz CT molecular complexity index is 363. The maximum absolute atomic E-state index is 5.75. The molecule has 0 atom stereocenters. The molecule has 2 rings (SSSR count). The first-order valence-corrected chi connectivity index (χ1v) is 5.37. The van der Waals surface area contributed by atoms with Gasteiger partial charge in [0.1, 0.15) is 17.5 Å². The summed E-state index contributed by atoms with van der Waals surface area (Å²) in [4.78, 5) is 8.73. The van der Waals surface area contributed by atoms with E-state index in [0.717, 1.165) is 11.6 Å². The van der Waals surface area contributed by atoms with E-state index < -0.39 is 0 Å². The van der Waals surface area contributed by atoms with Gasteiger partial charge in [-0.25, -0.2) is 9.97 Å². The lowest BCUT2D eigenvalue weighted by Crippen LogP contribution is -2.27. The van der Waals surface area contributed by atoms with Gasteiger partial charge < -0.3 is 11.1 Å². The fourth-order valence-corrected chi connectivity index (χ4v) is 1.46. The van der Waals surface area contributed by atoms with Crippen molar-refractivity contribution in [1.82, 2.24) is 9.97 Å². The topological polar surface area (TPSA) is 63.8 Å². The van der Waals surface area contributed by atoms with E-state index in [1.54, 1.807) is 6.07 Å². The second-order valence-electron chi connectivity index (χ2n) is 5.19. The van der Waals surface area contributed by atoms with Gasteiger partial charge in [-0.3, -0.25) is 0 Å². The number of rotatable bonds is 2. The van der Waals surface area contributed by atoms with Gasteiger partial charge in [-0.05, 0) is 33.6 Å². The third-order valence-electron chi connectivity index (χ3n) is 2.21. The van der Waals surface area contributed by atoms with Gasteiger partial charge in [-0.15, -0.1) is 0 Å². The average Bonchev–Trinajstić information content (AvgIpc) is 2.80. The monoisotopic (exact) mass is 206 g/mol. The first-order valence-electron chi connectivity index (χ1n) is 5.37. The normalized spacial score (nSPS) is 16.5. The molecule has 4 heteroatoms. The molecule has 0 aliphatic heterocycles. The number of anilines is 2. The van der Waals surface area contributed by atoms with E-state index in [9.17, 15) is 0 Å². The number of hydrogen-bond donors (Lipinski definition) is 2. The van der Waals surface area contributed by atoms with Crippen LogP contribution in [-0.2, 0) is 0 Å². The highest BCUT2D eigenvalue weighted by Crippen LogP contribution is 2.38. The van der Waals surface area contributed by atoms with E-state index in [1.807, 2.05) is 0 Å². The van der Waals surface area contributed by atoms with Gasteiger partial charge in [0, 0.05) is 17.5 Å². The summed E-state index contributed by atoms with van der Waals surface area (Å²) in [5.41, 5.74) is 5.75. The molecule has 1 saturated carbocycles. The van der Waals surface area contributed by atoms with Crippen molar-refractivity contribution >= 4 is 11.6 Å². The highest BCUT2D eigenvalue weighted by molar-refractivity contribution is 5.46. The number of aromatic nitrogens is 2. The zero-order valence-electron chi connectivity index (χ0n) is 9.54. The lowest BCUT2D eigenvalue weighted by molar-refractivity contribution is 0.629. The Kier molecular flexibility index (Phi) is 2.29. The second kappa shape index (κ2) is 3.36. The Morgan fingerprint density at radius 3 is 2.53 bits per heavy atom. The van der Waals surface area contributed by atoms with E-state index in [-0.39, 0.29) is 5.54 Å². The van der Waals surface area contributed by atoms with Crippen LogP contribution in [0.1, 0.15) is 45.4 Å². The van der Waals surface area contributed by atoms with E-state index in [0.29, 0.717) is 11.7 Å². The molecular weight excluding hydrogens is 188 g/mol. The van der Waals surface area contributed by atoms with Crippen molar-refractivity contribution in [3.05, 3.63) is 11.9 Å². The predicted molar refractivity (Wildman–Crippen MR) is 61.8 cm³/mol. The summed E-state index contributed by atoms with van der Waals surface area (Å²) in [7, 11) is 0. The van der Waals surface area contributed by atoms with E-state index in [1.165, 1.54) is 12.8 Å². The smallest absolute Gasteiger partial charge is 0.136 e. The van der Waals surface area contributed by atoms with Crippen LogP contribution in [0.5, 0.6) is 0 Å². The Morgan fingerprint density at radius 2 is 2.00 bits per heavy atom. The molecule has 4 nitrogen and oxygen atoms in total. The van der Waals surface area contributed by atoms with Crippen LogP contribution in [0.15, 0.2) is 6.07 Å². The quantitative estimate of drug-likeness (QED) is 0.778. The van der Waals surface area contributed by atoms with Gasteiger partial charge in [0.2, 0.25) is 0 Å². The Morgan fingerprint density at radius 1 is 1.33 bits per heavy atom. The molecule has 1 fully saturated rings. The van der Waals surface area contributed by atoms with Crippen molar-refractivity contribution in [1.29, 1.82) is 0 Å². The fraction of sp³-hybridized carbons (Fsp3) is 0.636. The van der Waals surface area contributed by atoms with Crippen LogP contribution >= 0.6 is 0 Å². The lowest BCUT2D eigenvalue weighted by Gasteiger charge is -2.21. The van der Waals surface area contributed by atoms with Crippen molar-refractivity contribution in [3.8, 4) is 0 Å². The number of nitrogens with zero attached hydrogens (tertiary/aromatic N) is 2. The summed E-state index contributed by atoms with van der Waals surface area (Å²) >= 11 is 0. The van der Waals surface area contributed by atoms with E-state index >= 15 is 0 Å². The molecule has 1 aromatic rings. The van der Waals surface area contributed by atoms with Crippen molar-refractivity contribution < 1.29 is 0 Å². The van der Waals surface area contributed by atoms with Gasteiger partial charge in [0.25, 0.3) is 0 Å². The Balaban J connectivity index is 2.23. The minimum atomic E-state index is 0.00160. The van der Waals surface area contributed by atoms with Gasteiger partial charge in [-0.1, -0.05) is 0 Å². The molecule has 1 heterocycles. The van der Waals surface area contributed by atoms with Crippen molar-refractivity contribution in [3.63, 3.8) is 0 Å². The van der Waals surface area contributed by atoms with E-state index in [4.69, 9.17) is 5.73 Å². The summed E-state index contributed by atoms with van der Waals surface area (Å²) in [6.07, 6.45) is 2.39. The number of nitrogens with one attached hydrogen (secondary N) is 1. The Hall–Kier alpha value is -1.32. The second-order valence-corrected chi connectivity index (χ2v) is 5.19. The van der Waals surface area contributed by atoms with Crippen LogP contribution in [0.25, 0.3) is 0 Å². The molecule has 0 aromatic carbocycles. The number of nitrogen functional groups attached to an aromatic ring is 1. The van der Waals surface area contributed by atoms with Gasteiger partial charge in [-0.2, -0.15) is 0 Å². The summed E-state index contributed by atoms with van der Waals surface area (Å²) in [6.45, 7) is 6.30. The minimum absolute atomic E-state index is 0.00160. The van der Waals surface area contributed by atoms with Crippen molar-refractivity contribution in [2.24, 2.45) is 0 Å². The first kappa shape index (κ1) is 10.2.